The van der Waals surface area contributed by atoms with Crippen molar-refractivity contribution < 1.29 is 4.79 Å². The van der Waals surface area contributed by atoms with Gasteiger partial charge in [0.15, 0.2) is 5.43 Å². The number of amides is 1. The molecule has 1 amide bonds. The first-order valence-electron chi connectivity index (χ1n) is 7.45. The molecule has 3 rings (SSSR count). The Kier molecular flexibility index (Phi) is 5.20. The number of aromatic nitrogens is 3. The van der Waals surface area contributed by atoms with Crippen LogP contribution >= 0.6 is 23.2 Å². The molecule has 0 fully saturated rings. The van der Waals surface area contributed by atoms with Crippen molar-refractivity contribution in [3.63, 3.8) is 0 Å². The minimum absolute atomic E-state index is 0.152. The number of carbonyl (C=O) groups excluding carboxylic acids is 1. The molecule has 3 aromatic rings. The fraction of sp³-hybridized carbons (Fsp3) is 0.0588. The van der Waals surface area contributed by atoms with Gasteiger partial charge < -0.3 is 10.3 Å². The van der Waals surface area contributed by atoms with Crippen molar-refractivity contribution in [2.45, 2.75) is 6.54 Å². The third kappa shape index (κ3) is 3.84. The number of benzene rings is 1. The Morgan fingerprint density at radius 1 is 1.12 bits per heavy atom. The Labute approximate surface area is 157 Å². The van der Waals surface area contributed by atoms with Crippen molar-refractivity contribution in [2.24, 2.45) is 0 Å². The van der Waals surface area contributed by atoms with E-state index in [2.05, 4.69) is 20.5 Å². The van der Waals surface area contributed by atoms with Crippen molar-refractivity contribution in [1.29, 1.82) is 0 Å². The number of nitrogens with one attached hydrogen (secondary N) is 3. The Balaban J connectivity index is 1.84. The highest BCUT2D eigenvalue weighted by Gasteiger charge is 2.14. The van der Waals surface area contributed by atoms with E-state index in [1.807, 2.05) is 0 Å². The Bertz CT molecular complexity index is 1090. The van der Waals surface area contributed by atoms with Crippen molar-refractivity contribution >= 4 is 29.1 Å². The fourth-order valence-electron chi connectivity index (χ4n) is 2.26. The van der Waals surface area contributed by atoms with Gasteiger partial charge in [-0.05, 0) is 23.8 Å². The zero-order valence-corrected chi connectivity index (χ0v) is 14.7. The summed E-state index contributed by atoms with van der Waals surface area (Å²) in [6, 6.07) is 7.54. The first kappa shape index (κ1) is 17.9. The quantitative estimate of drug-likeness (QED) is 0.635. The highest BCUT2D eigenvalue weighted by molar-refractivity contribution is 6.42. The van der Waals surface area contributed by atoms with Crippen LogP contribution in [0, 0.1) is 0 Å². The smallest absolute Gasteiger partial charge is 0.277 e. The summed E-state index contributed by atoms with van der Waals surface area (Å²) in [4.78, 5) is 38.9. The van der Waals surface area contributed by atoms with Crippen LogP contribution in [0.4, 0.5) is 0 Å². The zero-order chi connectivity index (χ0) is 18.7. The number of carbonyl (C=O) groups is 1. The Morgan fingerprint density at radius 2 is 1.92 bits per heavy atom. The lowest BCUT2D eigenvalue weighted by atomic mass is 10.1. The normalized spacial score (nSPS) is 10.5. The molecule has 1 aromatic carbocycles. The summed E-state index contributed by atoms with van der Waals surface area (Å²) in [6.07, 6.45) is 2.92. The van der Waals surface area contributed by atoms with E-state index in [1.165, 1.54) is 24.5 Å². The molecule has 0 radical (unpaired) electrons. The zero-order valence-electron chi connectivity index (χ0n) is 13.2. The number of rotatable bonds is 4. The number of halogens is 2. The molecule has 2 heterocycles. The van der Waals surface area contributed by atoms with E-state index < -0.39 is 11.5 Å². The molecular formula is C17H12Cl2N4O3. The van der Waals surface area contributed by atoms with Gasteiger partial charge in [-0.1, -0.05) is 29.3 Å². The van der Waals surface area contributed by atoms with Gasteiger partial charge in [-0.3, -0.25) is 14.4 Å². The van der Waals surface area contributed by atoms with Gasteiger partial charge in [-0.15, -0.1) is 0 Å². The largest absolute Gasteiger partial charge is 0.367 e. The number of aromatic amines is 2. The number of nitrogens with zero attached hydrogens (tertiary/aromatic N) is 1. The molecule has 0 atom stereocenters. The standard InChI is InChI=1S/C17H12Cl2N4O3/c18-12-2-1-9(5-13(12)19)7-21-16(25)10-6-14(22-23-17(10)26)11-8-20-4-3-15(11)24/h1-6,8H,7H2,(H,20,24)(H,21,25)(H,23,26). The van der Waals surface area contributed by atoms with Gasteiger partial charge in [0.2, 0.25) is 0 Å². The summed E-state index contributed by atoms with van der Waals surface area (Å²) in [6.45, 7) is 0.152. The van der Waals surface area contributed by atoms with Gasteiger partial charge in [0.05, 0.1) is 21.3 Å². The number of H-pyrrole nitrogens is 2. The summed E-state index contributed by atoms with van der Waals surface area (Å²) < 4.78 is 0. The van der Waals surface area contributed by atoms with Crippen LogP contribution in [-0.2, 0) is 6.54 Å². The maximum absolute atomic E-state index is 12.4. The van der Waals surface area contributed by atoms with Gasteiger partial charge in [0.25, 0.3) is 11.5 Å². The number of pyridine rings is 1. The maximum atomic E-state index is 12.4. The Hall–Kier alpha value is -2.90. The second-order valence-corrected chi connectivity index (χ2v) is 6.16. The monoisotopic (exact) mass is 390 g/mol. The van der Waals surface area contributed by atoms with Gasteiger partial charge in [0.1, 0.15) is 5.56 Å². The maximum Gasteiger partial charge on any atom is 0.277 e. The number of hydrogen-bond acceptors (Lipinski definition) is 4. The summed E-state index contributed by atoms with van der Waals surface area (Å²) in [5, 5.41) is 9.45. The second-order valence-electron chi connectivity index (χ2n) is 5.35. The highest BCUT2D eigenvalue weighted by atomic mass is 35.5. The molecule has 2 aromatic heterocycles. The molecule has 0 spiro atoms. The molecule has 0 aliphatic rings. The van der Waals surface area contributed by atoms with Crippen LogP contribution in [0.25, 0.3) is 11.3 Å². The fourth-order valence-corrected chi connectivity index (χ4v) is 2.58. The Morgan fingerprint density at radius 3 is 2.65 bits per heavy atom. The van der Waals surface area contributed by atoms with E-state index in [1.54, 1.807) is 18.2 Å². The van der Waals surface area contributed by atoms with Crippen molar-refractivity contribution in [3.8, 4) is 11.3 Å². The highest BCUT2D eigenvalue weighted by Crippen LogP contribution is 2.22. The molecule has 0 saturated heterocycles. The van der Waals surface area contributed by atoms with Gasteiger partial charge in [0, 0.05) is 25.0 Å². The third-order valence-corrected chi connectivity index (χ3v) is 4.32. The molecule has 9 heteroatoms. The molecule has 26 heavy (non-hydrogen) atoms. The predicted octanol–water partition coefficient (Wildman–Crippen LogP) is 2.36. The summed E-state index contributed by atoms with van der Waals surface area (Å²) in [5.41, 5.74) is 0.0444. The molecule has 0 saturated carbocycles. The second kappa shape index (κ2) is 7.55. The van der Waals surface area contributed by atoms with Gasteiger partial charge in [-0.25, -0.2) is 5.10 Å². The SMILES string of the molecule is O=C(NCc1ccc(Cl)c(Cl)c1)c1cc(-c2c[nH]ccc2=O)n[nH]c1=O. The van der Waals surface area contributed by atoms with E-state index >= 15 is 0 Å². The van der Waals surface area contributed by atoms with Crippen LogP contribution in [0.5, 0.6) is 0 Å². The van der Waals surface area contributed by atoms with E-state index in [-0.39, 0.29) is 28.8 Å². The summed E-state index contributed by atoms with van der Waals surface area (Å²) in [7, 11) is 0. The summed E-state index contributed by atoms with van der Waals surface area (Å²) >= 11 is 11.8. The molecular weight excluding hydrogens is 379 g/mol. The lowest BCUT2D eigenvalue weighted by Gasteiger charge is -2.07. The first-order valence-corrected chi connectivity index (χ1v) is 8.20. The lowest BCUT2D eigenvalue weighted by molar-refractivity contribution is 0.0949. The molecule has 0 aliphatic carbocycles. The minimum Gasteiger partial charge on any atom is -0.367 e. The van der Waals surface area contributed by atoms with Crippen LogP contribution in [0.1, 0.15) is 15.9 Å². The number of hydrogen-bond donors (Lipinski definition) is 3. The molecule has 0 unspecified atom stereocenters. The molecule has 3 N–H and O–H groups in total. The average molecular weight is 391 g/mol. The minimum atomic E-state index is -0.659. The molecule has 7 nitrogen and oxygen atoms in total. The molecule has 0 bridgehead atoms. The average Bonchev–Trinajstić information content (AvgIpc) is 2.63. The van der Waals surface area contributed by atoms with Gasteiger partial charge >= 0.3 is 0 Å². The predicted molar refractivity (Wildman–Crippen MR) is 98.5 cm³/mol. The molecule has 0 aliphatic heterocycles. The van der Waals surface area contributed by atoms with Crippen LogP contribution < -0.4 is 16.3 Å². The van der Waals surface area contributed by atoms with Crippen LogP contribution in [0.2, 0.25) is 10.0 Å². The van der Waals surface area contributed by atoms with E-state index in [0.717, 1.165) is 5.56 Å². The van der Waals surface area contributed by atoms with Crippen LogP contribution in [-0.4, -0.2) is 21.1 Å². The van der Waals surface area contributed by atoms with E-state index in [4.69, 9.17) is 23.2 Å². The van der Waals surface area contributed by atoms with Crippen molar-refractivity contribution in [1.82, 2.24) is 20.5 Å². The van der Waals surface area contributed by atoms with Crippen molar-refractivity contribution in [3.05, 3.63) is 84.5 Å². The first-order chi connectivity index (χ1) is 12.5. The summed E-state index contributed by atoms with van der Waals surface area (Å²) in [5.74, 6) is -0.603. The van der Waals surface area contributed by atoms with Crippen LogP contribution in [0.3, 0.4) is 0 Å². The lowest BCUT2D eigenvalue weighted by Crippen LogP contribution is -2.30. The topological polar surface area (TPSA) is 108 Å². The molecule has 132 valence electrons. The van der Waals surface area contributed by atoms with Crippen molar-refractivity contribution in [2.75, 3.05) is 0 Å². The van der Waals surface area contributed by atoms with E-state index in [9.17, 15) is 14.4 Å². The van der Waals surface area contributed by atoms with E-state index in [0.29, 0.717) is 10.0 Å². The third-order valence-electron chi connectivity index (χ3n) is 3.59. The van der Waals surface area contributed by atoms with Gasteiger partial charge in [-0.2, -0.15) is 5.10 Å². The van der Waals surface area contributed by atoms with Crippen LogP contribution in [0.15, 0.2) is 52.3 Å².